The lowest BCUT2D eigenvalue weighted by atomic mass is 9.59. The predicted molar refractivity (Wildman–Crippen MR) is 56.0 cm³/mol. The summed E-state index contributed by atoms with van der Waals surface area (Å²) in [5, 5.41) is 0. The van der Waals surface area contributed by atoms with Crippen LogP contribution in [-0.2, 0) is 23.8 Å². The number of cyclic esters (lactones) is 1. The van der Waals surface area contributed by atoms with Crippen LogP contribution in [0, 0.1) is 10.8 Å². The molecule has 17 heavy (non-hydrogen) atoms. The van der Waals surface area contributed by atoms with Crippen molar-refractivity contribution in [3.05, 3.63) is 0 Å². The van der Waals surface area contributed by atoms with Gasteiger partial charge in [0.05, 0.1) is 17.6 Å². The lowest BCUT2D eigenvalue weighted by Gasteiger charge is -2.38. The third-order valence-electron chi connectivity index (χ3n) is 4.73. The largest absolute Gasteiger partial charge is 0.465 e. The zero-order chi connectivity index (χ0) is 12.3. The number of rotatable bonds is 2. The van der Waals surface area contributed by atoms with Crippen molar-refractivity contribution in [2.45, 2.75) is 38.9 Å². The minimum absolute atomic E-state index is 0.0247. The topological polar surface area (TPSA) is 61.8 Å². The monoisotopic (exact) mass is 240 g/mol. The van der Waals surface area contributed by atoms with E-state index in [1.165, 1.54) is 6.92 Å². The molecule has 0 aliphatic carbocycles. The molecule has 0 aromatic rings. The highest BCUT2D eigenvalue weighted by Crippen LogP contribution is 2.63. The Hall–Kier alpha value is -1.10. The van der Waals surface area contributed by atoms with Crippen molar-refractivity contribution < 1.29 is 23.8 Å². The van der Waals surface area contributed by atoms with Crippen LogP contribution in [0.4, 0.5) is 0 Å². The molecule has 2 bridgehead atoms. The zero-order valence-electron chi connectivity index (χ0n) is 10.0. The van der Waals surface area contributed by atoms with E-state index in [-0.39, 0.29) is 30.8 Å². The van der Waals surface area contributed by atoms with Crippen LogP contribution in [-0.4, -0.2) is 37.4 Å². The van der Waals surface area contributed by atoms with Gasteiger partial charge in [-0.05, 0) is 19.8 Å². The summed E-state index contributed by atoms with van der Waals surface area (Å²) in [4.78, 5) is 23.0. The van der Waals surface area contributed by atoms with Gasteiger partial charge in [0.1, 0.15) is 18.6 Å². The smallest absolute Gasteiger partial charge is 0.315 e. The minimum Gasteiger partial charge on any atom is -0.465 e. The van der Waals surface area contributed by atoms with Crippen LogP contribution in [0.25, 0.3) is 0 Å². The first-order chi connectivity index (χ1) is 8.00. The zero-order valence-corrected chi connectivity index (χ0v) is 10.0. The van der Waals surface area contributed by atoms with Crippen LogP contribution in [0.1, 0.15) is 26.7 Å². The van der Waals surface area contributed by atoms with E-state index < -0.39 is 10.8 Å². The van der Waals surface area contributed by atoms with Crippen LogP contribution < -0.4 is 0 Å². The van der Waals surface area contributed by atoms with E-state index in [2.05, 4.69) is 0 Å². The second-order valence-electron chi connectivity index (χ2n) is 5.41. The van der Waals surface area contributed by atoms with Crippen LogP contribution >= 0.6 is 0 Å². The molecule has 3 aliphatic heterocycles. The Balaban J connectivity index is 1.95. The Morgan fingerprint density at radius 1 is 1.47 bits per heavy atom. The molecule has 3 aliphatic rings. The molecule has 3 heterocycles. The van der Waals surface area contributed by atoms with Gasteiger partial charge in [-0.15, -0.1) is 0 Å². The summed E-state index contributed by atoms with van der Waals surface area (Å²) in [6.45, 7) is 3.78. The molecule has 0 spiro atoms. The van der Waals surface area contributed by atoms with Gasteiger partial charge in [0.15, 0.2) is 0 Å². The van der Waals surface area contributed by atoms with E-state index >= 15 is 0 Å². The number of hydrogen-bond acceptors (Lipinski definition) is 5. The van der Waals surface area contributed by atoms with Gasteiger partial charge in [-0.25, -0.2) is 0 Å². The van der Waals surface area contributed by atoms with E-state index in [0.29, 0.717) is 6.61 Å². The first kappa shape index (κ1) is 11.0. The molecule has 0 aromatic heterocycles. The van der Waals surface area contributed by atoms with Crippen LogP contribution in [0.15, 0.2) is 0 Å². The van der Waals surface area contributed by atoms with Gasteiger partial charge in [-0.1, -0.05) is 0 Å². The summed E-state index contributed by atoms with van der Waals surface area (Å²) in [6, 6.07) is 0. The van der Waals surface area contributed by atoms with E-state index in [0.717, 1.165) is 12.8 Å². The van der Waals surface area contributed by atoms with Crippen molar-refractivity contribution in [1.82, 2.24) is 0 Å². The van der Waals surface area contributed by atoms with Gasteiger partial charge in [-0.2, -0.15) is 0 Å². The molecule has 5 heteroatoms. The highest BCUT2D eigenvalue weighted by molar-refractivity contribution is 5.82. The van der Waals surface area contributed by atoms with E-state index in [1.54, 1.807) is 0 Å². The first-order valence-electron chi connectivity index (χ1n) is 5.97. The Labute approximate surface area is 99.4 Å². The fourth-order valence-corrected chi connectivity index (χ4v) is 3.56. The first-order valence-corrected chi connectivity index (χ1v) is 5.97. The molecule has 0 saturated carbocycles. The molecule has 5 nitrogen and oxygen atoms in total. The molecule has 0 unspecified atom stereocenters. The van der Waals surface area contributed by atoms with E-state index in [4.69, 9.17) is 14.2 Å². The normalized spacial score (nSPS) is 46.8. The van der Waals surface area contributed by atoms with Gasteiger partial charge in [-0.3, -0.25) is 9.59 Å². The number of carbonyl (C=O) groups excluding carboxylic acids is 2. The quantitative estimate of drug-likeness (QED) is 0.663. The van der Waals surface area contributed by atoms with Gasteiger partial charge >= 0.3 is 11.9 Å². The Kier molecular flexibility index (Phi) is 2.09. The van der Waals surface area contributed by atoms with Gasteiger partial charge < -0.3 is 14.2 Å². The van der Waals surface area contributed by atoms with Crippen molar-refractivity contribution >= 4 is 11.9 Å². The molecule has 3 rings (SSSR count). The Morgan fingerprint density at radius 3 is 2.88 bits per heavy atom. The number of fused-ring (bicyclic) bond motifs is 5. The number of ether oxygens (including phenoxy) is 3. The van der Waals surface area contributed by atoms with Gasteiger partial charge in [0.2, 0.25) is 0 Å². The second kappa shape index (κ2) is 3.22. The molecule has 94 valence electrons. The number of hydrogen-bond donors (Lipinski definition) is 0. The molecular weight excluding hydrogens is 224 g/mol. The summed E-state index contributed by atoms with van der Waals surface area (Å²) < 4.78 is 16.2. The minimum atomic E-state index is -0.647. The van der Waals surface area contributed by atoms with Crippen molar-refractivity contribution in [3.8, 4) is 0 Å². The predicted octanol–water partition coefficient (Wildman–Crippen LogP) is 0.660. The standard InChI is InChI=1S/C12H16O5/c1-7(13)15-5-12-6-16-10(14)11(12,2)8-3-4-9(12)17-8/h8-9H,3-6H2,1-2H3/t8-,9-,11+,12+/m1/s1. The Bertz CT molecular complexity index is 392. The summed E-state index contributed by atoms with van der Waals surface area (Å²) in [6.07, 6.45) is 1.69. The maximum Gasteiger partial charge on any atom is 0.315 e. The third-order valence-corrected chi connectivity index (χ3v) is 4.73. The third kappa shape index (κ3) is 1.13. The molecule has 0 amide bonds. The van der Waals surface area contributed by atoms with Crippen LogP contribution in [0.3, 0.4) is 0 Å². The summed E-state index contributed by atoms with van der Waals surface area (Å²) in [7, 11) is 0. The van der Waals surface area contributed by atoms with Crippen molar-refractivity contribution in [1.29, 1.82) is 0 Å². The summed E-state index contributed by atoms with van der Waals surface area (Å²) >= 11 is 0. The average Bonchev–Trinajstić information content (AvgIpc) is 2.90. The van der Waals surface area contributed by atoms with Crippen molar-refractivity contribution in [3.63, 3.8) is 0 Å². The van der Waals surface area contributed by atoms with Crippen LogP contribution in [0.2, 0.25) is 0 Å². The molecule has 0 N–H and O–H groups in total. The van der Waals surface area contributed by atoms with E-state index in [9.17, 15) is 9.59 Å². The average molecular weight is 240 g/mol. The fourth-order valence-electron chi connectivity index (χ4n) is 3.56. The highest BCUT2D eigenvalue weighted by atomic mass is 16.6. The van der Waals surface area contributed by atoms with E-state index in [1.807, 2.05) is 6.92 Å². The maximum atomic E-state index is 12.0. The lowest BCUT2D eigenvalue weighted by molar-refractivity contribution is -0.152. The SMILES string of the molecule is CC(=O)OC[C@@]12COC(=O)[C@]1(C)[C@H]1CC[C@H]2O1. The van der Waals surface area contributed by atoms with Crippen molar-refractivity contribution in [2.75, 3.05) is 13.2 Å². The highest BCUT2D eigenvalue weighted by Gasteiger charge is 2.75. The van der Waals surface area contributed by atoms with Gasteiger partial charge in [0, 0.05) is 6.92 Å². The van der Waals surface area contributed by atoms with Crippen LogP contribution in [0.5, 0.6) is 0 Å². The maximum absolute atomic E-state index is 12.0. The number of esters is 2. The lowest BCUT2D eigenvalue weighted by Crippen LogP contribution is -2.52. The molecule has 4 atom stereocenters. The Morgan fingerprint density at radius 2 is 2.18 bits per heavy atom. The number of carbonyl (C=O) groups is 2. The molecule has 0 radical (unpaired) electrons. The summed E-state index contributed by atoms with van der Waals surface area (Å²) in [5.74, 6) is -0.541. The molecular formula is C12H16O5. The molecule has 3 fully saturated rings. The molecule has 3 saturated heterocycles. The molecule has 0 aromatic carbocycles. The van der Waals surface area contributed by atoms with Crippen molar-refractivity contribution in [2.24, 2.45) is 10.8 Å². The van der Waals surface area contributed by atoms with Gasteiger partial charge in [0.25, 0.3) is 0 Å². The summed E-state index contributed by atoms with van der Waals surface area (Å²) in [5.41, 5.74) is -1.12. The second-order valence-corrected chi connectivity index (χ2v) is 5.41. The fraction of sp³-hybridized carbons (Fsp3) is 0.833.